The number of thiophene rings is 1. The lowest BCUT2D eigenvalue weighted by atomic mass is 10.1. The lowest BCUT2D eigenvalue weighted by Gasteiger charge is -2.20. The molecule has 0 fully saturated rings. The average molecular weight is 442 g/mol. The summed E-state index contributed by atoms with van der Waals surface area (Å²) in [5.74, 6) is -0.380. The second-order valence-electron chi connectivity index (χ2n) is 6.74. The molecule has 0 spiro atoms. The van der Waals surface area contributed by atoms with Crippen molar-refractivity contribution in [1.29, 1.82) is 0 Å². The zero-order chi connectivity index (χ0) is 22.1. The fraction of sp³-hybridized carbons (Fsp3) is 0.318. The van der Waals surface area contributed by atoms with E-state index in [-0.39, 0.29) is 31.1 Å². The van der Waals surface area contributed by atoms with Crippen molar-refractivity contribution < 1.29 is 23.5 Å². The number of hydrogen-bond donors (Lipinski definition) is 0. The van der Waals surface area contributed by atoms with Crippen molar-refractivity contribution in [1.82, 2.24) is 15.1 Å². The molecule has 9 heteroatoms. The summed E-state index contributed by atoms with van der Waals surface area (Å²) in [6, 6.07) is 12.5. The molecule has 0 aliphatic rings. The number of ketones is 1. The van der Waals surface area contributed by atoms with Crippen LogP contribution in [0.4, 0.5) is 0 Å². The second-order valence-corrected chi connectivity index (χ2v) is 7.69. The molecule has 0 unspecified atom stereocenters. The Hall–Kier alpha value is -3.33. The monoisotopic (exact) mass is 441 g/mol. The summed E-state index contributed by atoms with van der Waals surface area (Å²) >= 11 is 1.48. The van der Waals surface area contributed by atoms with Crippen LogP contribution in [0, 0.1) is 0 Å². The third-order valence-electron chi connectivity index (χ3n) is 4.38. The Bertz CT molecular complexity index is 1000. The highest BCUT2D eigenvalue weighted by atomic mass is 32.1. The summed E-state index contributed by atoms with van der Waals surface area (Å²) in [4.78, 5) is 38.9. The van der Waals surface area contributed by atoms with E-state index in [0.29, 0.717) is 23.9 Å². The predicted octanol–water partition coefficient (Wildman–Crippen LogP) is 3.74. The summed E-state index contributed by atoms with van der Waals surface area (Å²) < 4.78 is 10.7. The minimum absolute atomic E-state index is 0.0309. The van der Waals surface area contributed by atoms with Crippen molar-refractivity contribution in [2.75, 3.05) is 13.2 Å². The van der Waals surface area contributed by atoms with E-state index in [9.17, 15) is 14.4 Å². The van der Waals surface area contributed by atoms with E-state index in [1.54, 1.807) is 24.3 Å². The van der Waals surface area contributed by atoms with Gasteiger partial charge in [0.25, 0.3) is 11.8 Å². The molecule has 0 N–H and O–H groups in total. The Balaban J connectivity index is 1.47. The first-order chi connectivity index (χ1) is 15.1. The van der Waals surface area contributed by atoms with E-state index in [1.165, 1.54) is 16.2 Å². The molecule has 0 saturated heterocycles. The van der Waals surface area contributed by atoms with Crippen LogP contribution in [0.1, 0.15) is 42.4 Å². The van der Waals surface area contributed by atoms with Crippen molar-refractivity contribution in [3.05, 3.63) is 59.3 Å². The number of ether oxygens (including phenoxy) is 1. The van der Waals surface area contributed by atoms with Gasteiger partial charge in [0.2, 0.25) is 5.89 Å². The van der Waals surface area contributed by atoms with Crippen LogP contribution in [0.15, 0.2) is 52.3 Å². The third kappa shape index (κ3) is 6.58. The Morgan fingerprint density at radius 3 is 2.58 bits per heavy atom. The molecule has 162 valence electrons. The number of nitrogens with zero attached hydrogens (tertiary/aromatic N) is 3. The van der Waals surface area contributed by atoms with Crippen molar-refractivity contribution >= 4 is 29.0 Å². The number of rotatable bonds is 11. The fourth-order valence-electron chi connectivity index (χ4n) is 2.83. The van der Waals surface area contributed by atoms with Crippen molar-refractivity contribution in [2.45, 2.75) is 32.7 Å². The van der Waals surface area contributed by atoms with Gasteiger partial charge in [-0.05, 0) is 17.9 Å². The van der Waals surface area contributed by atoms with Crippen molar-refractivity contribution in [3.8, 4) is 10.8 Å². The SMILES string of the molecule is CCCN(Cc1nnc(-c2cccs2)o1)C(=O)COC(=O)CCC(=O)c1ccccc1. The van der Waals surface area contributed by atoms with E-state index in [2.05, 4.69) is 10.2 Å². The van der Waals surface area contributed by atoms with Gasteiger partial charge < -0.3 is 14.1 Å². The van der Waals surface area contributed by atoms with Crippen LogP contribution in [0.5, 0.6) is 0 Å². The van der Waals surface area contributed by atoms with Gasteiger partial charge in [-0.3, -0.25) is 14.4 Å². The number of carbonyl (C=O) groups is 3. The second kappa shape index (κ2) is 11.2. The topological polar surface area (TPSA) is 103 Å². The van der Waals surface area contributed by atoms with Crippen LogP contribution in [0.25, 0.3) is 10.8 Å². The van der Waals surface area contributed by atoms with Crippen LogP contribution in [0.2, 0.25) is 0 Å². The number of amides is 1. The Labute approximate surface area is 183 Å². The van der Waals surface area contributed by atoms with Gasteiger partial charge in [-0.15, -0.1) is 21.5 Å². The smallest absolute Gasteiger partial charge is 0.306 e. The van der Waals surface area contributed by atoms with E-state index < -0.39 is 12.6 Å². The summed E-state index contributed by atoms with van der Waals surface area (Å²) in [6.07, 6.45) is 0.670. The maximum absolute atomic E-state index is 12.5. The summed E-state index contributed by atoms with van der Waals surface area (Å²) in [6.45, 7) is 2.13. The molecule has 3 rings (SSSR count). The van der Waals surface area contributed by atoms with Gasteiger partial charge >= 0.3 is 5.97 Å². The Morgan fingerprint density at radius 1 is 1.06 bits per heavy atom. The largest absolute Gasteiger partial charge is 0.456 e. The highest BCUT2D eigenvalue weighted by molar-refractivity contribution is 7.13. The first-order valence-electron chi connectivity index (χ1n) is 9.94. The molecule has 0 aliphatic heterocycles. The lowest BCUT2D eigenvalue weighted by molar-refractivity contribution is -0.152. The van der Waals surface area contributed by atoms with Gasteiger partial charge in [0.15, 0.2) is 12.4 Å². The standard InChI is InChI=1S/C22H23N3O5S/c1-2-12-25(14-19-23-24-22(30-19)18-9-6-13-31-18)20(27)15-29-21(28)11-10-17(26)16-7-4-3-5-8-16/h3-9,13H,2,10-12,14-15H2,1H3. The average Bonchev–Trinajstić information content (AvgIpc) is 3.48. The molecular formula is C22H23N3O5S. The molecule has 2 aromatic heterocycles. The van der Waals surface area contributed by atoms with E-state index in [4.69, 9.17) is 9.15 Å². The molecule has 0 atom stereocenters. The first kappa shape index (κ1) is 22.4. The van der Waals surface area contributed by atoms with Gasteiger partial charge in [0.1, 0.15) is 0 Å². The minimum atomic E-state index is -0.591. The number of aromatic nitrogens is 2. The molecular weight excluding hydrogens is 418 g/mol. The maximum atomic E-state index is 12.5. The normalized spacial score (nSPS) is 10.6. The number of Topliss-reactive ketones (excluding diaryl/α,β-unsaturated/α-hetero) is 1. The van der Waals surface area contributed by atoms with Crippen LogP contribution < -0.4 is 0 Å². The molecule has 2 heterocycles. The maximum Gasteiger partial charge on any atom is 0.306 e. The predicted molar refractivity (Wildman–Crippen MR) is 114 cm³/mol. The van der Waals surface area contributed by atoms with Crippen LogP contribution in [-0.2, 0) is 20.9 Å². The molecule has 1 amide bonds. The Morgan fingerprint density at radius 2 is 1.87 bits per heavy atom. The van der Waals surface area contributed by atoms with Gasteiger partial charge in [-0.2, -0.15) is 0 Å². The van der Waals surface area contributed by atoms with Gasteiger partial charge in [-0.25, -0.2) is 0 Å². The number of carbonyl (C=O) groups excluding carboxylic acids is 3. The fourth-order valence-corrected chi connectivity index (χ4v) is 3.48. The molecule has 31 heavy (non-hydrogen) atoms. The number of hydrogen-bond acceptors (Lipinski definition) is 8. The van der Waals surface area contributed by atoms with Gasteiger partial charge in [0.05, 0.1) is 17.8 Å². The number of esters is 1. The molecule has 0 bridgehead atoms. The molecule has 8 nitrogen and oxygen atoms in total. The van der Waals surface area contributed by atoms with Crippen LogP contribution >= 0.6 is 11.3 Å². The molecule has 0 aliphatic carbocycles. The highest BCUT2D eigenvalue weighted by Gasteiger charge is 2.19. The van der Waals surface area contributed by atoms with Gasteiger partial charge in [0, 0.05) is 18.5 Å². The molecule has 3 aromatic rings. The highest BCUT2D eigenvalue weighted by Crippen LogP contribution is 2.23. The minimum Gasteiger partial charge on any atom is -0.456 e. The van der Waals surface area contributed by atoms with Crippen LogP contribution in [0.3, 0.4) is 0 Å². The summed E-state index contributed by atoms with van der Waals surface area (Å²) in [5.41, 5.74) is 0.543. The molecule has 0 saturated carbocycles. The van der Waals surface area contributed by atoms with Crippen molar-refractivity contribution in [3.63, 3.8) is 0 Å². The summed E-state index contributed by atoms with van der Waals surface area (Å²) in [5, 5.41) is 9.92. The zero-order valence-corrected chi connectivity index (χ0v) is 18.0. The van der Waals surface area contributed by atoms with E-state index in [1.807, 2.05) is 30.5 Å². The van der Waals surface area contributed by atoms with Crippen LogP contribution in [-0.4, -0.2) is 45.9 Å². The Kier molecular flexibility index (Phi) is 8.05. The quantitative estimate of drug-likeness (QED) is 0.330. The van der Waals surface area contributed by atoms with E-state index >= 15 is 0 Å². The van der Waals surface area contributed by atoms with E-state index in [0.717, 1.165) is 11.3 Å². The molecule has 1 aromatic carbocycles. The molecule has 0 radical (unpaired) electrons. The van der Waals surface area contributed by atoms with Crippen molar-refractivity contribution in [2.24, 2.45) is 0 Å². The summed E-state index contributed by atoms with van der Waals surface area (Å²) in [7, 11) is 0. The lowest BCUT2D eigenvalue weighted by Crippen LogP contribution is -2.35. The first-order valence-corrected chi connectivity index (χ1v) is 10.8. The van der Waals surface area contributed by atoms with Gasteiger partial charge in [-0.1, -0.05) is 43.3 Å². The third-order valence-corrected chi connectivity index (χ3v) is 5.24. The zero-order valence-electron chi connectivity index (χ0n) is 17.2. The number of benzene rings is 1.